The number of benzene rings is 1. The Morgan fingerprint density at radius 2 is 1.75 bits per heavy atom. The Balaban J connectivity index is 1.79. The summed E-state index contributed by atoms with van der Waals surface area (Å²) in [6.45, 7) is 4.70. The van der Waals surface area contributed by atoms with Gasteiger partial charge in [0.2, 0.25) is 5.91 Å². The minimum atomic E-state index is -0.856. The summed E-state index contributed by atoms with van der Waals surface area (Å²) in [4.78, 5) is 52.7. The second-order valence-electron chi connectivity index (χ2n) is 7.94. The lowest BCUT2D eigenvalue weighted by Gasteiger charge is -2.38. The van der Waals surface area contributed by atoms with E-state index < -0.39 is 23.8 Å². The number of hydrogen-bond acceptors (Lipinski definition) is 4. The predicted molar refractivity (Wildman–Crippen MR) is 102 cm³/mol. The van der Waals surface area contributed by atoms with Crippen LogP contribution in [0.1, 0.15) is 60.2 Å². The fourth-order valence-electron chi connectivity index (χ4n) is 4.17. The number of nitrogens with zero attached hydrogens (tertiary/aromatic N) is 2. The van der Waals surface area contributed by atoms with Crippen molar-refractivity contribution in [3.05, 3.63) is 35.4 Å². The lowest BCUT2D eigenvalue weighted by molar-refractivity contribution is -0.139. The molecule has 7 heteroatoms. The van der Waals surface area contributed by atoms with Crippen molar-refractivity contribution in [3.8, 4) is 0 Å². The van der Waals surface area contributed by atoms with E-state index in [0.29, 0.717) is 30.6 Å². The van der Waals surface area contributed by atoms with Gasteiger partial charge < -0.3 is 10.0 Å². The first kappa shape index (κ1) is 20.0. The Morgan fingerprint density at radius 1 is 1.14 bits per heavy atom. The number of amides is 3. The van der Waals surface area contributed by atoms with Crippen LogP contribution in [0.2, 0.25) is 0 Å². The molecule has 0 aromatic heterocycles. The van der Waals surface area contributed by atoms with Gasteiger partial charge in [0.15, 0.2) is 0 Å². The van der Waals surface area contributed by atoms with Crippen LogP contribution in [-0.4, -0.2) is 57.7 Å². The molecule has 2 heterocycles. The summed E-state index contributed by atoms with van der Waals surface area (Å²) in [6.07, 6.45) is 2.29. The molecule has 2 unspecified atom stereocenters. The van der Waals surface area contributed by atoms with Gasteiger partial charge in [-0.05, 0) is 43.2 Å². The van der Waals surface area contributed by atoms with Gasteiger partial charge in [-0.25, -0.2) is 0 Å². The van der Waals surface area contributed by atoms with Crippen molar-refractivity contribution >= 4 is 23.7 Å². The van der Waals surface area contributed by atoms with E-state index >= 15 is 0 Å². The van der Waals surface area contributed by atoms with E-state index in [9.17, 15) is 19.2 Å². The summed E-state index contributed by atoms with van der Waals surface area (Å²) >= 11 is 0. The molecule has 1 aromatic rings. The Bertz CT molecular complexity index is 769. The molecule has 7 nitrogen and oxygen atoms in total. The summed E-state index contributed by atoms with van der Waals surface area (Å²) in [5, 5.41) is 8.91. The zero-order valence-corrected chi connectivity index (χ0v) is 16.3. The molecule has 1 fully saturated rings. The lowest BCUT2D eigenvalue weighted by atomic mass is 9.92. The van der Waals surface area contributed by atoms with E-state index in [1.807, 2.05) is 13.8 Å². The number of imide groups is 1. The zero-order valence-electron chi connectivity index (χ0n) is 16.3. The standard InChI is InChI=1S/C21H26N2O5/c1-13(2)18(23-19(26)15-7-3-4-8-16(15)20(23)27)21(28)22-11-5-6-14(12-22)9-10-17(24)25/h3-4,7-8,13-14,18H,5-6,9-12H2,1-2H3,(H,24,25). The van der Waals surface area contributed by atoms with Crippen molar-refractivity contribution in [1.82, 2.24) is 9.80 Å². The molecule has 1 N–H and O–H groups in total. The van der Waals surface area contributed by atoms with E-state index in [2.05, 4.69) is 0 Å². The van der Waals surface area contributed by atoms with Crippen LogP contribution in [0, 0.1) is 11.8 Å². The van der Waals surface area contributed by atoms with Crippen molar-refractivity contribution in [1.29, 1.82) is 0 Å². The monoisotopic (exact) mass is 386 g/mol. The number of likely N-dealkylation sites (tertiary alicyclic amines) is 1. The Hall–Kier alpha value is -2.70. The number of rotatable bonds is 6. The van der Waals surface area contributed by atoms with E-state index in [1.54, 1.807) is 29.2 Å². The molecule has 1 aromatic carbocycles. The van der Waals surface area contributed by atoms with Gasteiger partial charge in [-0.2, -0.15) is 0 Å². The molecule has 28 heavy (non-hydrogen) atoms. The molecule has 150 valence electrons. The summed E-state index contributed by atoms with van der Waals surface area (Å²) in [5.74, 6) is -2.02. The van der Waals surface area contributed by atoms with Gasteiger partial charge in [0.25, 0.3) is 11.8 Å². The van der Waals surface area contributed by atoms with Crippen LogP contribution in [0.3, 0.4) is 0 Å². The average Bonchev–Trinajstić information content (AvgIpc) is 2.92. The number of carboxylic acid groups (broad SMARTS) is 1. The largest absolute Gasteiger partial charge is 0.481 e. The molecule has 2 aliphatic rings. The number of fused-ring (bicyclic) bond motifs is 1. The van der Waals surface area contributed by atoms with Gasteiger partial charge in [-0.3, -0.25) is 24.1 Å². The van der Waals surface area contributed by atoms with Gasteiger partial charge >= 0.3 is 5.97 Å². The summed E-state index contributed by atoms with van der Waals surface area (Å²) in [5.41, 5.74) is 0.674. The van der Waals surface area contributed by atoms with Crippen LogP contribution in [0.5, 0.6) is 0 Å². The Morgan fingerprint density at radius 3 is 2.29 bits per heavy atom. The summed E-state index contributed by atoms with van der Waals surface area (Å²) in [7, 11) is 0. The third-order valence-electron chi connectivity index (χ3n) is 5.59. The molecule has 1 saturated heterocycles. The molecular formula is C21H26N2O5. The first-order valence-corrected chi connectivity index (χ1v) is 9.78. The highest BCUT2D eigenvalue weighted by Gasteiger charge is 2.45. The van der Waals surface area contributed by atoms with Crippen molar-refractivity contribution in [2.75, 3.05) is 13.1 Å². The number of aliphatic carboxylic acids is 1. The number of piperidine rings is 1. The van der Waals surface area contributed by atoms with Crippen molar-refractivity contribution in [2.24, 2.45) is 11.8 Å². The number of carboxylic acids is 1. The zero-order chi connectivity index (χ0) is 20.4. The van der Waals surface area contributed by atoms with Crippen molar-refractivity contribution in [2.45, 2.75) is 45.6 Å². The lowest BCUT2D eigenvalue weighted by Crippen LogP contribution is -2.55. The van der Waals surface area contributed by atoms with E-state index in [0.717, 1.165) is 17.7 Å². The predicted octanol–water partition coefficient (Wildman–Crippen LogP) is 2.41. The molecule has 2 aliphatic heterocycles. The second kappa shape index (κ2) is 8.12. The van der Waals surface area contributed by atoms with Crippen LogP contribution >= 0.6 is 0 Å². The van der Waals surface area contributed by atoms with Crippen LogP contribution in [0.15, 0.2) is 24.3 Å². The SMILES string of the molecule is CC(C)C(C(=O)N1CCCC(CCC(=O)O)C1)N1C(=O)c2ccccc2C1=O. The van der Waals surface area contributed by atoms with Gasteiger partial charge in [-0.15, -0.1) is 0 Å². The molecule has 2 atom stereocenters. The highest BCUT2D eigenvalue weighted by molar-refractivity contribution is 6.22. The van der Waals surface area contributed by atoms with Crippen LogP contribution < -0.4 is 0 Å². The number of carbonyl (C=O) groups excluding carboxylic acids is 3. The fraction of sp³-hybridized carbons (Fsp3) is 0.524. The molecule has 3 amide bonds. The van der Waals surface area contributed by atoms with Gasteiger partial charge in [0.05, 0.1) is 11.1 Å². The summed E-state index contributed by atoms with van der Waals surface area (Å²) in [6, 6.07) is 5.78. The minimum absolute atomic E-state index is 0.0821. The highest BCUT2D eigenvalue weighted by atomic mass is 16.4. The average molecular weight is 386 g/mol. The maximum Gasteiger partial charge on any atom is 0.303 e. The van der Waals surface area contributed by atoms with Gasteiger partial charge in [0.1, 0.15) is 6.04 Å². The normalized spacial score (nSPS) is 20.5. The topological polar surface area (TPSA) is 95.0 Å². The van der Waals surface area contributed by atoms with Crippen LogP contribution in [0.25, 0.3) is 0 Å². The smallest absolute Gasteiger partial charge is 0.303 e. The van der Waals surface area contributed by atoms with Gasteiger partial charge in [-0.1, -0.05) is 26.0 Å². The molecule has 3 rings (SSSR count). The third kappa shape index (κ3) is 3.79. The third-order valence-corrected chi connectivity index (χ3v) is 5.59. The minimum Gasteiger partial charge on any atom is -0.481 e. The van der Waals surface area contributed by atoms with Crippen LogP contribution in [0.4, 0.5) is 0 Å². The van der Waals surface area contributed by atoms with E-state index in [4.69, 9.17) is 5.11 Å². The Kier molecular flexibility index (Phi) is 5.82. The fourth-order valence-corrected chi connectivity index (χ4v) is 4.17. The van der Waals surface area contributed by atoms with E-state index in [-0.39, 0.29) is 24.2 Å². The molecule has 0 spiro atoms. The molecule has 0 bridgehead atoms. The van der Waals surface area contributed by atoms with Crippen LogP contribution in [-0.2, 0) is 9.59 Å². The highest BCUT2D eigenvalue weighted by Crippen LogP contribution is 2.29. The summed E-state index contributed by atoms with van der Waals surface area (Å²) < 4.78 is 0. The second-order valence-corrected chi connectivity index (χ2v) is 7.94. The number of carbonyl (C=O) groups is 4. The molecular weight excluding hydrogens is 360 g/mol. The molecule has 0 radical (unpaired) electrons. The Labute approximate surface area is 164 Å². The number of hydrogen-bond donors (Lipinski definition) is 1. The first-order valence-electron chi connectivity index (χ1n) is 9.78. The maximum absolute atomic E-state index is 13.3. The first-order chi connectivity index (χ1) is 13.3. The van der Waals surface area contributed by atoms with E-state index in [1.165, 1.54) is 0 Å². The molecule has 0 aliphatic carbocycles. The van der Waals surface area contributed by atoms with Crippen molar-refractivity contribution in [3.63, 3.8) is 0 Å². The quantitative estimate of drug-likeness (QED) is 0.758. The molecule has 0 saturated carbocycles. The van der Waals surface area contributed by atoms with Gasteiger partial charge in [0, 0.05) is 19.5 Å². The maximum atomic E-state index is 13.3. The van der Waals surface area contributed by atoms with Crippen molar-refractivity contribution < 1.29 is 24.3 Å².